The number of aromatic nitrogens is 1. The van der Waals surface area contributed by atoms with Crippen molar-refractivity contribution < 1.29 is 9.90 Å². The summed E-state index contributed by atoms with van der Waals surface area (Å²) in [6.45, 7) is 4.61. The number of carbonyl (C=O) groups excluding carboxylic acids is 1. The number of amides is 1. The molecule has 5 heteroatoms. The van der Waals surface area contributed by atoms with Crippen molar-refractivity contribution >= 4 is 21.8 Å². The fourth-order valence-corrected chi connectivity index (χ4v) is 1.82. The molecule has 0 fully saturated rings. The van der Waals surface area contributed by atoms with Crippen LogP contribution in [0, 0.1) is 0 Å². The minimum absolute atomic E-state index is 0.0332. The maximum atomic E-state index is 12.1. The molecule has 2 N–H and O–H groups in total. The van der Waals surface area contributed by atoms with E-state index in [1.165, 1.54) is 0 Å². The fourth-order valence-electron chi connectivity index (χ4n) is 1.48. The molecule has 1 rings (SSSR count). The van der Waals surface area contributed by atoms with Gasteiger partial charge in [-0.1, -0.05) is 0 Å². The van der Waals surface area contributed by atoms with E-state index in [1.807, 2.05) is 13.8 Å². The fraction of sp³-hybridized carbons (Fsp3) is 0.545. The van der Waals surface area contributed by atoms with E-state index in [0.717, 1.165) is 4.47 Å². The maximum absolute atomic E-state index is 12.1. The Kier molecular flexibility index (Phi) is 5.02. The zero-order valence-corrected chi connectivity index (χ0v) is 11.1. The van der Waals surface area contributed by atoms with Gasteiger partial charge in [0.2, 0.25) is 0 Å². The SMILES string of the molecule is CC(C)N(CCCO)C(=O)c1cc(Br)c[nH]1. The topological polar surface area (TPSA) is 56.3 Å². The van der Waals surface area contributed by atoms with Gasteiger partial charge in [0.05, 0.1) is 0 Å². The van der Waals surface area contributed by atoms with Crippen molar-refractivity contribution in [1.82, 2.24) is 9.88 Å². The number of aromatic amines is 1. The first-order valence-corrected chi connectivity index (χ1v) is 6.11. The van der Waals surface area contributed by atoms with Crippen LogP contribution in [0.2, 0.25) is 0 Å². The van der Waals surface area contributed by atoms with Crippen LogP contribution in [0.4, 0.5) is 0 Å². The highest BCUT2D eigenvalue weighted by molar-refractivity contribution is 9.10. The normalized spacial score (nSPS) is 10.8. The highest BCUT2D eigenvalue weighted by Gasteiger charge is 2.19. The van der Waals surface area contributed by atoms with Crippen LogP contribution in [0.3, 0.4) is 0 Å². The number of hydrogen-bond acceptors (Lipinski definition) is 2. The molecule has 0 spiro atoms. The van der Waals surface area contributed by atoms with Crippen molar-refractivity contribution in [3.05, 3.63) is 22.4 Å². The lowest BCUT2D eigenvalue weighted by atomic mass is 10.2. The molecule has 0 aromatic carbocycles. The van der Waals surface area contributed by atoms with E-state index in [-0.39, 0.29) is 18.6 Å². The van der Waals surface area contributed by atoms with Gasteiger partial charge >= 0.3 is 0 Å². The number of hydrogen-bond donors (Lipinski definition) is 2. The van der Waals surface area contributed by atoms with Crippen molar-refractivity contribution in [2.24, 2.45) is 0 Å². The highest BCUT2D eigenvalue weighted by Crippen LogP contribution is 2.14. The second-order valence-corrected chi connectivity index (χ2v) is 4.82. The van der Waals surface area contributed by atoms with Crippen molar-refractivity contribution in [3.8, 4) is 0 Å². The first kappa shape index (κ1) is 13.3. The highest BCUT2D eigenvalue weighted by atomic mass is 79.9. The molecule has 0 aliphatic heterocycles. The molecular weight excluding hydrogens is 272 g/mol. The molecule has 16 heavy (non-hydrogen) atoms. The summed E-state index contributed by atoms with van der Waals surface area (Å²) in [6.07, 6.45) is 2.34. The number of carbonyl (C=O) groups is 1. The average molecular weight is 289 g/mol. The van der Waals surface area contributed by atoms with Crippen LogP contribution in [-0.4, -0.2) is 40.1 Å². The molecular formula is C11H17BrN2O2. The molecule has 0 atom stereocenters. The Morgan fingerprint density at radius 1 is 1.62 bits per heavy atom. The van der Waals surface area contributed by atoms with Gasteiger partial charge in [0.25, 0.3) is 5.91 Å². The molecule has 0 radical (unpaired) electrons. The summed E-state index contributed by atoms with van der Waals surface area (Å²) >= 11 is 3.30. The smallest absolute Gasteiger partial charge is 0.270 e. The average Bonchev–Trinajstić information content (AvgIpc) is 2.64. The summed E-state index contributed by atoms with van der Waals surface area (Å²) in [5, 5.41) is 8.80. The van der Waals surface area contributed by atoms with Gasteiger partial charge in [0, 0.05) is 29.9 Å². The van der Waals surface area contributed by atoms with E-state index in [0.29, 0.717) is 18.7 Å². The van der Waals surface area contributed by atoms with Gasteiger partial charge in [-0.2, -0.15) is 0 Å². The van der Waals surface area contributed by atoms with E-state index in [2.05, 4.69) is 20.9 Å². The molecule has 0 aliphatic carbocycles. The van der Waals surface area contributed by atoms with Crippen molar-refractivity contribution in [1.29, 1.82) is 0 Å². The second-order valence-electron chi connectivity index (χ2n) is 3.90. The largest absolute Gasteiger partial charge is 0.396 e. The van der Waals surface area contributed by atoms with Gasteiger partial charge < -0.3 is 15.0 Å². The van der Waals surface area contributed by atoms with Crippen LogP contribution in [0.5, 0.6) is 0 Å². The zero-order valence-electron chi connectivity index (χ0n) is 9.53. The van der Waals surface area contributed by atoms with E-state index >= 15 is 0 Å². The Morgan fingerprint density at radius 2 is 2.31 bits per heavy atom. The minimum atomic E-state index is -0.0332. The van der Waals surface area contributed by atoms with Crippen LogP contribution in [-0.2, 0) is 0 Å². The molecule has 1 aromatic rings. The molecule has 1 heterocycles. The van der Waals surface area contributed by atoms with E-state index < -0.39 is 0 Å². The first-order valence-electron chi connectivity index (χ1n) is 5.32. The number of nitrogens with zero attached hydrogens (tertiary/aromatic N) is 1. The lowest BCUT2D eigenvalue weighted by molar-refractivity contribution is 0.0688. The predicted molar refractivity (Wildman–Crippen MR) is 66.4 cm³/mol. The Morgan fingerprint density at radius 3 is 2.75 bits per heavy atom. The number of rotatable bonds is 5. The number of halogens is 1. The summed E-state index contributed by atoms with van der Waals surface area (Å²) in [7, 11) is 0. The number of H-pyrrole nitrogens is 1. The zero-order chi connectivity index (χ0) is 12.1. The molecule has 0 saturated heterocycles. The van der Waals surface area contributed by atoms with E-state index in [1.54, 1.807) is 17.2 Å². The van der Waals surface area contributed by atoms with Crippen molar-refractivity contribution in [2.75, 3.05) is 13.2 Å². The first-order chi connectivity index (χ1) is 7.56. The van der Waals surface area contributed by atoms with Crippen LogP contribution in [0.1, 0.15) is 30.8 Å². The Hall–Kier alpha value is -0.810. The van der Waals surface area contributed by atoms with Crippen LogP contribution >= 0.6 is 15.9 Å². The molecule has 0 aliphatic rings. The van der Waals surface area contributed by atoms with E-state index in [4.69, 9.17) is 5.11 Å². The van der Waals surface area contributed by atoms with Crippen LogP contribution < -0.4 is 0 Å². The molecule has 0 bridgehead atoms. The molecule has 1 amide bonds. The van der Waals surface area contributed by atoms with E-state index in [9.17, 15) is 4.79 Å². The van der Waals surface area contributed by atoms with Gasteiger partial charge in [-0.25, -0.2) is 0 Å². The summed E-state index contributed by atoms with van der Waals surface area (Å²) in [5.41, 5.74) is 0.568. The number of nitrogens with one attached hydrogen (secondary N) is 1. The predicted octanol–water partition coefficient (Wildman–Crippen LogP) is 2.01. The van der Waals surface area contributed by atoms with Crippen molar-refractivity contribution in [3.63, 3.8) is 0 Å². The number of aliphatic hydroxyl groups is 1. The summed E-state index contributed by atoms with van der Waals surface area (Å²) in [5.74, 6) is -0.0332. The maximum Gasteiger partial charge on any atom is 0.270 e. The Labute approximate surface area is 104 Å². The van der Waals surface area contributed by atoms with Crippen LogP contribution in [0.15, 0.2) is 16.7 Å². The Bertz CT molecular complexity index is 350. The Balaban J connectivity index is 2.74. The van der Waals surface area contributed by atoms with Gasteiger partial charge in [-0.05, 0) is 42.3 Å². The third kappa shape index (κ3) is 3.35. The summed E-state index contributed by atoms with van der Waals surface area (Å²) in [4.78, 5) is 16.8. The minimum Gasteiger partial charge on any atom is -0.396 e. The van der Waals surface area contributed by atoms with Gasteiger partial charge in [0.1, 0.15) is 5.69 Å². The molecule has 1 aromatic heterocycles. The monoisotopic (exact) mass is 288 g/mol. The number of aliphatic hydroxyl groups excluding tert-OH is 1. The lowest BCUT2D eigenvalue weighted by Gasteiger charge is -2.26. The third-order valence-electron chi connectivity index (χ3n) is 2.32. The molecule has 90 valence electrons. The summed E-state index contributed by atoms with van der Waals surface area (Å²) < 4.78 is 0.863. The molecule has 0 unspecified atom stereocenters. The standard InChI is InChI=1S/C11H17BrN2O2/c1-8(2)14(4-3-5-15)11(16)10-6-9(12)7-13-10/h6-8,13,15H,3-5H2,1-2H3. The lowest BCUT2D eigenvalue weighted by Crippen LogP contribution is -2.38. The molecule has 0 saturated carbocycles. The van der Waals surface area contributed by atoms with Gasteiger partial charge in [0.15, 0.2) is 0 Å². The summed E-state index contributed by atoms with van der Waals surface area (Å²) in [6, 6.07) is 1.89. The quantitative estimate of drug-likeness (QED) is 0.871. The molecule has 4 nitrogen and oxygen atoms in total. The van der Waals surface area contributed by atoms with Crippen molar-refractivity contribution in [2.45, 2.75) is 26.3 Å². The van der Waals surface area contributed by atoms with Crippen LogP contribution in [0.25, 0.3) is 0 Å². The van der Waals surface area contributed by atoms with Gasteiger partial charge in [-0.3, -0.25) is 4.79 Å². The second kappa shape index (κ2) is 6.06. The third-order valence-corrected chi connectivity index (χ3v) is 2.78. The van der Waals surface area contributed by atoms with Gasteiger partial charge in [-0.15, -0.1) is 0 Å².